The maximum Gasteiger partial charge on any atom is 0.203 e. The lowest BCUT2D eigenvalue weighted by atomic mass is 9.68. The van der Waals surface area contributed by atoms with Gasteiger partial charge < -0.3 is 49.6 Å². The van der Waals surface area contributed by atoms with Crippen molar-refractivity contribution in [2.24, 2.45) is 0 Å². The van der Waals surface area contributed by atoms with Crippen LogP contribution in [0.3, 0.4) is 0 Å². The Kier molecular flexibility index (Phi) is 6.56. The van der Waals surface area contributed by atoms with Crippen molar-refractivity contribution in [1.29, 1.82) is 0 Å². The van der Waals surface area contributed by atoms with Gasteiger partial charge in [0.05, 0.1) is 33.0 Å². The molecule has 0 amide bonds. The molecule has 10 nitrogen and oxygen atoms in total. The third-order valence-electron chi connectivity index (χ3n) is 7.22. The summed E-state index contributed by atoms with van der Waals surface area (Å²) in [6, 6.07) is 1.87. The fourth-order valence-electron chi connectivity index (χ4n) is 5.52. The summed E-state index contributed by atoms with van der Waals surface area (Å²) < 4.78 is 21.9. The van der Waals surface area contributed by atoms with Crippen LogP contribution in [0.5, 0.6) is 17.2 Å². The van der Waals surface area contributed by atoms with Gasteiger partial charge in [-0.25, -0.2) is 0 Å². The number of aliphatic hydroxyl groups excluding tert-OH is 5. The highest BCUT2D eigenvalue weighted by Crippen LogP contribution is 2.56. The zero-order valence-electron chi connectivity index (χ0n) is 18.2. The average molecular weight is 456 g/mol. The number of aryl methyl sites for hydroxylation is 1. The van der Waals surface area contributed by atoms with E-state index in [-0.39, 0.29) is 11.5 Å². The Morgan fingerprint density at radius 2 is 1.81 bits per heavy atom. The van der Waals surface area contributed by atoms with Gasteiger partial charge in [-0.1, -0.05) is 0 Å². The second kappa shape index (κ2) is 8.94. The van der Waals surface area contributed by atoms with Crippen LogP contribution in [0.4, 0.5) is 0 Å². The summed E-state index contributed by atoms with van der Waals surface area (Å²) in [5.74, 6) is 0.752. The molecular weight excluding hydrogens is 424 g/mol. The number of phenols is 1. The summed E-state index contributed by atoms with van der Waals surface area (Å²) in [6.45, 7) is -0.553. The highest BCUT2D eigenvalue weighted by molar-refractivity contribution is 5.62. The van der Waals surface area contributed by atoms with Crippen LogP contribution < -0.4 is 9.47 Å². The second-order valence-electron chi connectivity index (χ2n) is 8.96. The average Bonchev–Trinajstić information content (AvgIpc) is 3.13. The van der Waals surface area contributed by atoms with Crippen molar-refractivity contribution in [2.45, 2.75) is 80.4 Å². The fraction of sp³-hybridized carbons (Fsp3) is 0.727. The fourth-order valence-corrected chi connectivity index (χ4v) is 5.52. The van der Waals surface area contributed by atoms with E-state index in [1.54, 1.807) is 0 Å². The van der Waals surface area contributed by atoms with Crippen molar-refractivity contribution >= 4 is 0 Å². The molecule has 1 aromatic carbocycles. The Labute approximate surface area is 185 Å². The Morgan fingerprint density at radius 1 is 1.06 bits per heavy atom. The Hall–Kier alpha value is -1.66. The second-order valence-corrected chi connectivity index (χ2v) is 8.96. The minimum absolute atomic E-state index is 0.0276. The first-order valence-corrected chi connectivity index (χ1v) is 10.9. The molecule has 8 atom stereocenters. The summed E-state index contributed by atoms with van der Waals surface area (Å²) in [7, 11) is 2.98. The van der Waals surface area contributed by atoms with Crippen molar-refractivity contribution in [3.05, 3.63) is 17.2 Å². The van der Waals surface area contributed by atoms with Crippen LogP contribution in [0.2, 0.25) is 0 Å². The van der Waals surface area contributed by atoms with Gasteiger partial charge in [0.1, 0.15) is 24.4 Å². The van der Waals surface area contributed by atoms with E-state index >= 15 is 0 Å². The van der Waals surface area contributed by atoms with Gasteiger partial charge in [0, 0.05) is 11.0 Å². The van der Waals surface area contributed by atoms with Crippen LogP contribution in [0, 0.1) is 0 Å². The number of ether oxygens (including phenoxy) is 4. The van der Waals surface area contributed by atoms with Crippen molar-refractivity contribution in [2.75, 3.05) is 20.8 Å². The maximum absolute atomic E-state index is 11.0. The van der Waals surface area contributed by atoms with E-state index in [1.165, 1.54) is 14.2 Å². The highest BCUT2D eigenvalue weighted by atomic mass is 16.7. The molecule has 1 saturated carbocycles. The molecule has 1 aliphatic heterocycles. The summed E-state index contributed by atoms with van der Waals surface area (Å²) >= 11 is 0. The Morgan fingerprint density at radius 3 is 2.44 bits per heavy atom. The molecule has 10 heteroatoms. The van der Waals surface area contributed by atoms with E-state index < -0.39 is 54.9 Å². The van der Waals surface area contributed by atoms with E-state index in [0.717, 1.165) is 24.0 Å². The van der Waals surface area contributed by atoms with Crippen molar-refractivity contribution in [3.8, 4) is 17.2 Å². The molecule has 1 saturated heterocycles. The van der Waals surface area contributed by atoms with Crippen LogP contribution in [0.15, 0.2) is 6.07 Å². The number of phenolic OH excluding ortho intramolecular Hbond substituents is 1. The van der Waals surface area contributed by atoms with Crippen molar-refractivity contribution < 1.29 is 49.6 Å². The minimum atomic E-state index is -1.54. The first-order chi connectivity index (χ1) is 15.3. The van der Waals surface area contributed by atoms with Gasteiger partial charge >= 0.3 is 0 Å². The van der Waals surface area contributed by atoms with Crippen LogP contribution in [0.25, 0.3) is 0 Å². The predicted octanol–water partition coefficient (Wildman–Crippen LogP) is -0.677. The molecule has 0 bridgehead atoms. The Bertz CT molecular complexity index is 829. The van der Waals surface area contributed by atoms with Gasteiger partial charge in [-0.3, -0.25) is 0 Å². The van der Waals surface area contributed by atoms with E-state index in [9.17, 15) is 30.6 Å². The number of benzene rings is 1. The van der Waals surface area contributed by atoms with E-state index in [0.29, 0.717) is 25.0 Å². The van der Waals surface area contributed by atoms with Crippen LogP contribution >= 0.6 is 0 Å². The molecular formula is C22H32O10. The lowest BCUT2D eigenvalue weighted by molar-refractivity contribution is -0.319. The van der Waals surface area contributed by atoms with Gasteiger partial charge in [-0.15, -0.1) is 0 Å². The van der Waals surface area contributed by atoms with Crippen molar-refractivity contribution in [3.63, 3.8) is 0 Å². The number of rotatable bonds is 5. The van der Waals surface area contributed by atoms with Crippen LogP contribution in [0.1, 0.15) is 36.8 Å². The summed E-state index contributed by atoms with van der Waals surface area (Å²) in [5, 5.41) is 61.4. The molecule has 3 aliphatic rings. The van der Waals surface area contributed by atoms with Crippen LogP contribution in [-0.2, 0) is 21.3 Å². The molecule has 2 aliphatic carbocycles. The lowest BCUT2D eigenvalue weighted by Gasteiger charge is -2.45. The molecule has 2 fully saturated rings. The normalized spacial score (nSPS) is 39.2. The molecule has 8 unspecified atom stereocenters. The number of hydrogen-bond acceptors (Lipinski definition) is 10. The largest absolute Gasteiger partial charge is 0.504 e. The predicted molar refractivity (Wildman–Crippen MR) is 110 cm³/mol. The SMILES string of the molecule is COc1cc2c(c(O)c1OC)C1(CC2)CCC(OC2OC(CO)C(O)C(O)C2O)C(O)C1. The zero-order valence-corrected chi connectivity index (χ0v) is 18.2. The quantitative estimate of drug-likeness (QED) is 0.335. The minimum Gasteiger partial charge on any atom is -0.504 e. The van der Waals surface area contributed by atoms with Crippen molar-refractivity contribution in [1.82, 2.24) is 0 Å². The van der Waals surface area contributed by atoms with Crippen LogP contribution in [-0.4, -0.2) is 94.4 Å². The monoisotopic (exact) mass is 456 g/mol. The Balaban J connectivity index is 1.52. The van der Waals surface area contributed by atoms with Gasteiger partial charge in [0.2, 0.25) is 5.75 Å². The summed E-state index contributed by atoms with van der Waals surface area (Å²) in [4.78, 5) is 0. The van der Waals surface area contributed by atoms with Gasteiger partial charge in [-0.05, 0) is 43.7 Å². The smallest absolute Gasteiger partial charge is 0.203 e. The number of fused-ring (bicyclic) bond motifs is 2. The standard InChI is InChI=1S/C22H32O10/c1-29-13-7-10-3-5-22(15(10)17(26)20(13)30-2)6-4-12(11(24)8-22)31-21-19(28)18(27)16(25)14(9-23)32-21/h7,11-12,14,16,18-19,21,23-28H,3-6,8-9H2,1-2H3. The molecule has 1 spiro atoms. The van der Waals surface area contributed by atoms with E-state index in [4.69, 9.17) is 18.9 Å². The third-order valence-corrected chi connectivity index (χ3v) is 7.22. The molecule has 1 aromatic rings. The number of methoxy groups -OCH3 is 2. The molecule has 4 rings (SSSR count). The zero-order chi connectivity index (χ0) is 23.2. The number of aliphatic hydroxyl groups is 5. The summed E-state index contributed by atoms with van der Waals surface area (Å²) in [5.41, 5.74) is 1.27. The first kappa shape index (κ1) is 23.5. The maximum atomic E-state index is 11.0. The highest BCUT2D eigenvalue weighted by Gasteiger charge is 2.50. The third kappa shape index (κ3) is 3.73. The van der Waals surface area contributed by atoms with E-state index in [2.05, 4.69) is 0 Å². The molecule has 0 aromatic heterocycles. The first-order valence-electron chi connectivity index (χ1n) is 10.9. The molecule has 0 radical (unpaired) electrons. The molecule has 6 N–H and O–H groups in total. The molecule has 32 heavy (non-hydrogen) atoms. The van der Waals surface area contributed by atoms with Gasteiger partial charge in [0.25, 0.3) is 0 Å². The van der Waals surface area contributed by atoms with Gasteiger partial charge in [0.15, 0.2) is 17.8 Å². The van der Waals surface area contributed by atoms with E-state index in [1.807, 2.05) is 6.07 Å². The number of aromatic hydroxyl groups is 1. The van der Waals surface area contributed by atoms with Gasteiger partial charge in [-0.2, -0.15) is 0 Å². The molecule has 180 valence electrons. The topological polar surface area (TPSA) is 158 Å². The number of hydrogen-bond donors (Lipinski definition) is 6. The molecule has 1 heterocycles. The lowest BCUT2D eigenvalue weighted by Crippen LogP contribution is -2.60. The summed E-state index contributed by atoms with van der Waals surface area (Å²) in [6.07, 6.45) is -5.69.